The molecule has 2 aromatic heterocycles. The zero-order chi connectivity index (χ0) is 12.4. The van der Waals surface area contributed by atoms with E-state index in [1.807, 2.05) is 40.9 Å². The number of fused-ring (bicyclic) bond motifs is 1. The Morgan fingerprint density at radius 1 is 1.11 bits per heavy atom. The number of nitrogens with zero attached hydrogens (tertiary/aromatic N) is 3. The van der Waals surface area contributed by atoms with Gasteiger partial charge in [-0.3, -0.25) is 4.40 Å². The first-order valence-electron chi connectivity index (χ1n) is 5.50. The van der Waals surface area contributed by atoms with Gasteiger partial charge in [0, 0.05) is 11.2 Å². The second-order valence-corrected chi connectivity index (χ2v) is 4.23. The van der Waals surface area contributed by atoms with E-state index < -0.39 is 0 Å². The van der Waals surface area contributed by atoms with Gasteiger partial charge in [-0.25, -0.2) is 0 Å². The molecule has 0 radical (unpaired) electrons. The Bertz CT molecular complexity index is 681. The number of aromatic nitrogens is 3. The third kappa shape index (κ3) is 2.15. The number of pyridine rings is 1. The van der Waals surface area contributed by atoms with Crippen LogP contribution in [0.2, 0.25) is 5.02 Å². The predicted molar refractivity (Wildman–Crippen MR) is 68.8 cm³/mol. The third-order valence-corrected chi connectivity index (χ3v) is 2.78. The van der Waals surface area contributed by atoms with Gasteiger partial charge in [0.2, 0.25) is 0 Å². The lowest BCUT2D eigenvalue weighted by molar-refractivity contribution is 0.294. The smallest absolute Gasteiger partial charge is 0.175 e. The molecule has 0 aliphatic rings. The van der Waals surface area contributed by atoms with Gasteiger partial charge < -0.3 is 4.74 Å². The van der Waals surface area contributed by atoms with Crippen LogP contribution in [-0.4, -0.2) is 14.6 Å². The summed E-state index contributed by atoms with van der Waals surface area (Å²) >= 11 is 5.89. The average Bonchev–Trinajstić information content (AvgIpc) is 2.80. The maximum absolute atomic E-state index is 5.89. The van der Waals surface area contributed by atoms with E-state index >= 15 is 0 Å². The third-order valence-electron chi connectivity index (χ3n) is 2.55. The average molecular weight is 260 g/mol. The summed E-state index contributed by atoms with van der Waals surface area (Å²) < 4.78 is 7.52. The predicted octanol–water partition coefficient (Wildman–Crippen LogP) is 2.96. The van der Waals surface area contributed by atoms with Crippen molar-refractivity contribution in [3.8, 4) is 5.75 Å². The van der Waals surface area contributed by atoms with Crippen molar-refractivity contribution < 1.29 is 4.74 Å². The molecule has 0 aliphatic heterocycles. The summed E-state index contributed by atoms with van der Waals surface area (Å²) in [6.45, 7) is 0.353. The van der Waals surface area contributed by atoms with E-state index in [2.05, 4.69) is 10.2 Å². The van der Waals surface area contributed by atoms with Crippen LogP contribution >= 0.6 is 11.6 Å². The Labute approximate surface area is 109 Å². The topological polar surface area (TPSA) is 39.4 Å². The summed E-state index contributed by atoms with van der Waals surface area (Å²) in [7, 11) is 0. The molecule has 3 aromatic rings. The van der Waals surface area contributed by atoms with Gasteiger partial charge in [0.05, 0.1) is 0 Å². The Hall–Kier alpha value is -2.07. The highest BCUT2D eigenvalue weighted by molar-refractivity contribution is 6.30. The van der Waals surface area contributed by atoms with E-state index in [1.54, 1.807) is 12.1 Å². The van der Waals surface area contributed by atoms with Gasteiger partial charge in [-0.05, 0) is 30.3 Å². The molecule has 4 nitrogen and oxygen atoms in total. The highest BCUT2D eigenvalue weighted by Crippen LogP contribution is 2.18. The summed E-state index contributed by atoms with van der Waals surface area (Å²) in [4.78, 5) is 0. The van der Waals surface area contributed by atoms with Crippen molar-refractivity contribution in [2.75, 3.05) is 0 Å². The minimum Gasteiger partial charge on any atom is -0.486 e. The van der Waals surface area contributed by atoms with Gasteiger partial charge >= 0.3 is 0 Å². The van der Waals surface area contributed by atoms with Crippen molar-refractivity contribution in [2.24, 2.45) is 0 Å². The lowest BCUT2D eigenvalue weighted by Gasteiger charge is -2.04. The van der Waals surface area contributed by atoms with Gasteiger partial charge in [0.1, 0.15) is 12.4 Å². The summed E-state index contributed by atoms with van der Waals surface area (Å²) in [6, 6.07) is 13.0. The van der Waals surface area contributed by atoms with Crippen molar-refractivity contribution in [3.05, 3.63) is 59.5 Å². The van der Waals surface area contributed by atoms with E-state index in [4.69, 9.17) is 16.3 Å². The van der Waals surface area contributed by atoms with Crippen molar-refractivity contribution in [1.82, 2.24) is 14.6 Å². The van der Waals surface area contributed by atoms with Crippen LogP contribution < -0.4 is 4.74 Å². The van der Waals surface area contributed by atoms with Crippen LogP contribution in [0.25, 0.3) is 5.65 Å². The fourth-order valence-corrected chi connectivity index (χ4v) is 1.87. The SMILES string of the molecule is Clc1cccc(OCc2nnc3ccccn23)c1. The second-order valence-electron chi connectivity index (χ2n) is 3.79. The molecular weight excluding hydrogens is 250 g/mol. The fourth-order valence-electron chi connectivity index (χ4n) is 1.69. The monoisotopic (exact) mass is 259 g/mol. The summed E-state index contributed by atoms with van der Waals surface area (Å²) in [5.74, 6) is 1.47. The summed E-state index contributed by atoms with van der Waals surface area (Å²) in [5, 5.41) is 8.79. The van der Waals surface area contributed by atoms with Crippen molar-refractivity contribution in [3.63, 3.8) is 0 Å². The fraction of sp³-hybridized carbons (Fsp3) is 0.0769. The van der Waals surface area contributed by atoms with E-state index in [0.717, 1.165) is 17.2 Å². The molecule has 0 spiro atoms. The van der Waals surface area contributed by atoms with Crippen LogP contribution in [0.5, 0.6) is 5.75 Å². The van der Waals surface area contributed by atoms with Crippen molar-refractivity contribution in [1.29, 1.82) is 0 Å². The molecule has 0 atom stereocenters. The normalized spacial score (nSPS) is 10.7. The molecule has 0 N–H and O–H groups in total. The van der Waals surface area contributed by atoms with Crippen LogP contribution in [0.4, 0.5) is 0 Å². The number of rotatable bonds is 3. The summed E-state index contributed by atoms with van der Waals surface area (Å²) in [6.07, 6.45) is 1.91. The lowest BCUT2D eigenvalue weighted by Crippen LogP contribution is -2.01. The highest BCUT2D eigenvalue weighted by Gasteiger charge is 2.05. The van der Waals surface area contributed by atoms with Gasteiger partial charge in [-0.2, -0.15) is 0 Å². The van der Waals surface area contributed by atoms with Gasteiger partial charge in [-0.1, -0.05) is 23.7 Å². The van der Waals surface area contributed by atoms with E-state index in [9.17, 15) is 0 Å². The number of benzene rings is 1. The zero-order valence-corrected chi connectivity index (χ0v) is 10.2. The van der Waals surface area contributed by atoms with Crippen LogP contribution in [0.1, 0.15) is 5.82 Å². The Balaban J connectivity index is 1.81. The molecule has 2 heterocycles. The summed E-state index contributed by atoms with van der Waals surface area (Å²) in [5.41, 5.74) is 0.808. The largest absolute Gasteiger partial charge is 0.486 e. The number of halogens is 1. The quantitative estimate of drug-likeness (QED) is 0.726. The van der Waals surface area contributed by atoms with Crippen molar-refractivity contribution >= 4 is 17.2 Å². The second kappa shape index (κ2) is 4.66. The maximum Gasteiger partial charge on any atom is 0.175 e. The van der Waals surface area contributed by atoms with Crippen LogP contribution in [-0.2, 0) is 6.61 Å². The minimum atomic E-state index is 0.353. The molecule has 0 unspecified atom stereocenters. The first kappa shape index (κ1) is 11.0. The van der Waals surface area contributed by atoms with Crippen LogP contribution in [0.15, 0.2) is 48.7 Å². The molecule has 0 saturated carbocycles. The molecule has 1 aromatic carbocycles. The number of hydrogen-bond donors (Lipinski definition) is 0. The number of hydrogen-bond acceptors (Lipinski definition) is 3. The first-order chi connectivity index (χ1) is 8.83. The minimum absolute atomic E-state index is 0.353. The molecular formula is C13H10ClN3O. The Morgan fingerprint density at radius 2 is 2.06 bits per heavy atom. The Kier molecular flexibility index (Phi) is 2.86. The van der Waals surface area contributed by atoms with E-state index in [0.29, 0.717) is 11.6 Å². The number of ether oxygens (including phenoxy) is 1. The molecule has 0 amide bonds. The van der Waals surface area contributed by atoms with E-state index in [1.165, 1.54) is 0 Å². The molecule has 5 heteroatoms. The molecule has 90 valence electrons. The molecule has 0 fully saturated rings. The first-order valence-corrected chi connectivity index (χ1v) is 5.88. The van der Waals surface area contributed by atoms with Crippen LogP contribution in [0.3, 0.4) is 0 Å². The molecule has 0 saturated heterocycles. The highest BCUT2D eigenvalue weighted by atomic mass is 35.5. The Morgan fingerprint density at radius 3 is 2.94 bits per heavy atom. The zero-order valence-electron chi connectivity index (χ0n) is 9.45. The molecule has 3 rings (SSSR count). The lowest BCUT2D eigenvalue weighted by atomic mass is 10.3. The molecule has 0 bridgehead atoms. The van der Waals surface area contributed by atoms with Gasteiger partial charge in [0.25, 0.3) is 0 Å². The maximum atomic E-state index is 5.89. The van der Waals surface area contributed by atoms with E-state index in [-0.39, 0.29) is 0 Å². The molecule has 18 heavy (non-hydrogen) atoms. The van der Waals surface area contributed by atoms with Gasteiger partial charge in [-0.15, -0.1) is 10.2 Å². The van der Waals surface area contributed by atoms with Crippen molar-refractivity contribution in [2.45, 2.75) is 6.61 Å². The molecule has 0 aliphatic carbocycles. The van der Waals surface area contributed by atoms with Gasteiger partial charge in [0.15, 0.2) is 11.5 Å². The van der Waals surface area contributed by atoms with Crippen LogP contribution in [0, 0.1) is 0 Å². The standard InChI is InChI=1S/C13H10ClN3O/c14-10-4-3-5-11(8-10)18-9-13-16-15-12-6-1-2-7-17(12)13/h1-8H,9H2.